The van der Waals surface area contributed by atoms with Crippen LogP contribution in [0.15, 0.2) is 73.2 Å². The predicted octanol–water partition coefficient (Wildman–Crippen LogP) is 5.29. The number of H-pyrrole nitrogens is 1. The fraction of sp³-hybridized carbons (Fsp3) is 0.143. The number of pyridine rings is 1. The average Bonchev–Trinajstić information content (AvgIpc) is 3.56. The van der Waals surface area contributed by atoms with Crippen LogP contribution < -0.4 is 20.7 Å². The Morgan fingerprint density at radius 1 is 0.927 bits per heavy atom. The monoisotopic (exact) mass is 554 g/mol. The van der Waals surface area contributed by atoms with Gasteiger partial charge in [-0.3, -0.25) is 30.1 Å². The number of rotatable bonds is 6. The Kier molecular flexibility index (Phi) is 7.08. The number of amides is 4. The molecule has 3 heterocycles. The number of carbonyl (C=O) groups excluding carboxylic acids is 2. The smallest absolute Gasteiger partial charge is 0.411 e. The lowest BCUT2D eigenvalue weighted by atomic mass is 9.92. The molecule has 4 amide bonds. The number of nitrogens with zero attached hydrogens (tertiary/aromatic N) is 4. The van der Waals surface area contributed by atoms with Gasteiger partial charge in [0, 0.05) is 41.2 Å². The molecule has 0 aliphatic rings. The third-order valence-corrected chi connectivity index (χ3v) is 5.94. The van der Waals surface area contributed by atoms with Crippen molar-refractivity contribution in [2.45, 2.75) is 26.2 Å². The van der Waals surface area contributed by atoms with Crippen molar-refractivity contribution in [3.63, 3.8) is 0 Å². The van der Waals surface area contributed by atoms with Crippen molar-refractivity contribution in [2.24, 2.45) is 0 Å². The van der Waals surface area contributed by atoms with Crippen molar-refractivity contribution in [2.75, 3.05) is 10.6 Å². The van der Waals surface area contributed by atoms with E-state index in [2.05, 4.69) is 30.8 Å². The Hall–Kier alpha value is -5.72. The zero-order valence-electron chi connectivity index (χ0n) is 22.3. The zero-order chi connectivity index (χ0) is 29.1. The summed E-state index contributed by atoms with van der Waals surface area (Å²) >= 11 is 0. The predicted molar refractivity (Wildman–Crippen MR) is 151 cm³/mol. The Balaban J connectivity index is 1.25. The molecule has 2 aromatic carbocycles. The van der Waals surface area contributed by atoms with Gasteiger partial charge in [0.05, 0.1) is 16.7 Å². The summed E-state index contributed by atoms with van der Waals surface area (Å²) in [6, 6.07) is 16.9. The molecule has 5 rings (SSSR count). The molecule has 5 aromatic rings. The van der Waals surface area contributed by atoms with E-state index in [-0.39, 0.29) is 11.1 Å². The van der Waals surface area contributed by atoms with Crippen LogP contribution >= 0.6 is 0 Å². The van der Waals surface area contributed by atoms with E-state index in [0.717, 1.165) is 16.9 Å². The number of fused-ring (bicyclic) bond motifs is 1. The third kappa shape index (κ3) is 6.30. The molecule has 13 nitrogen and oxygen atoms in total. The molecule has 0 aliphatic carbocycles. The lowest BCUT2D eigenvalue weighted by Crippen LogP contribution is -2.29. The van der Waals surface area contributed by atoms with Gasteiger partial charge in [0.15, 0.2) is 0 Å². The maximum absolute atomic E-state index is 12.4. The van der Waals surface area contributed by atoms with Crippen LogP contribution in [-0.4, -0.2) is 47.9 Å². The number of aromatic amines is 1. The molecule has 3 aromatic heterocycles. The lowest BCUT2D eigenvalue weighted by Gasteiger charge is -2.13. The molecular formula is C28H26N8O5. The molecule has 5 N–H and O–H groups in total. The van der Waals surface area contributed by atoms with Crippen LogP contribution in [0.4, 0.5) is 21.1 Å². The largest absolute Gasteiger partial charge is 0.465 e. The third-order valence-electron chi connectivity index (χ3n) is 5.94. The van der Waals surface area contributed by atoms with Gasteiger partial charge in [0.2, 0.25) is 0 Å². The van der Waals surface area contributed by atoms with Crippen molar-refractivity contribution in [3.8, 4) is 17.2 Å². The number of nitrogens with one attached hydrogen (secondary N) is 4. The number of carbonyl (C=O) groups is 3. The van der Waals surface area contributed by atoms with Gasteiger partial charge >= 0.3 is 12.1 Å². The van der Waals surface area contributed by atoms with Gasteiger partial charge in [0.1, 0.15) is 29.3 Å². The minimum Gasteiger partial charge on any atom is -0.465 e. The van der Waals surface area contributed by atoms with Gasteiger partial charge in [-0.25, -0.2) is 14.6 Å². The summed E-state index contributed by atoms with van der Waals surface area (Å²) in [5, 5.41) is 23.1. The Bertz CT molecular complexity index is 1750. The molecule has 0 saturated carbocycles. The molecule has 0 unspecified atom stereocenters. The summed E-state index contributed by atoms with van der Waals surface area (Å²) in [6.45, 7) is 6.12. The van der Waals surface area contributed by atoms with E-state index >= 15 is 0 Å². The number of carboxylic acid groups (broad SMARTS) is 1. The first-order chi connectivity index (χ1) is 19.5. The van der Waals surface area contributed by atoms with Crippen LogP contribution in [0.2, 0.25) is 0 Å². The molecule has 0 bridgehead atoms. The minimum atomic E-state index is -1.47. The molecule has 0 saturated heterocycles. The molecule has 13 heteroatoms. The summed E-state index contributed by atoms with van der Waals surface area (Å²) in [5.41, 5.74) is 3.54. The topological polar surface area (TPSA) is 176 Å². The van der Waals surface area contributed by atoms with E-state index in [9.17, 15) is 14.4 Å². The van der Waals surface area contributed by atoms with Crippen LogP contribution in [0.25, 0.3) is 16.7 Å². The minimum absolute atomic E-state index is 0.0957. The molecule has 0 radical (unpaired) electrons. The molecule has 41 heavy (non-hydrogen) atoms. The van der Waals surface area contributed by atoms with Crippen LogP contribution in [0.1, 0.15) is 37.0 Å². The normalized spacial score (nSPS) is 11.2. The molecular weight excluding hydrogens is 528 g/mol. The second kappa shape index (κ2) is 10.8. The maximum Gasteiger partial charge on any atom is 0.411 e. The number of urea groups is 1. The van der Waals surface area contributed by atoms with Crippen LogP contribution in [0.5, 0.6) is 11.5 Å². The van der Waals surface area contributed by atoms with E-state index in [4.69, 9.17) is 9.84 Å². The second-order valence-corrected chi connectivity index (χ2v) is 10.0. The van der Waals surface area contributed by atoms with Crippen molar-refractivity contribution in [1.29, 1.82) is 0 Å². The van der Waals surface area contributed by atoms with Crippen molar-refractivity contribution in [1.82, 2.24) is 30.0 Å². The number of benzene rings is 2. The quantitative estimate of drug-likeness (QED) is 0.188. The summed E-state index contributed by atoms with van der Waals surface area (Å²) < 4.78 is 7.73. The number of imide groups is 1. The number of hydrogen-bond acceptors (Lipinski definition) is 7. The van der Waals surface area contributed by atoms with Gasteiger partial charge in [-0.2, -0.15) is 5.10 Å². The highest BCUT2D eigenvalue weighted by molar-refractivity contribution is 6.01. The van der Waals surface area contributed by atoms with Gasteiger partial charge < -0.3 is 15.2 Å². The van der Waals surface area contributed by atoms with Gasteiger partial charge in [-0.15, -0.1) is 0 Å². The Morgan fingerprint density at radius 3 is 2.39 bits per heavy atom. The lowest BCUT2D eigenvalue weighted by molar-refractivity contribution is 0.0942. The molecule has 0 atom stereocenters. The van der Waals surface area contributed by atoms with E-state index in [0.29, 0.717) is 28.5 Å². The summed E-state index contributed by atoms with van der Waals surface area (Å²) in [5.74, 6) is 0.427. The number of ether oxygens (including phenoxy) is 1. The number of hydrogen-bond donors (Lipinski definition) is 5. The molecule has 0 fully saturated rings. The molecule has 208 valence electrons. The van der Waals surface area contributed by atoms with E-state index in [1.807, 2.05) is 43.5 Å². The van der Waals surface area contributed by atoms with Gasteiger partial charge in [-0.05, 0) is 42.5 Å². The Labute approximate surface area is 233 Å². The SMILES string of the molecule is CC(C)(C)c1cc(NC(=O)Nc2ccc(-n3cnc4cc(Oc5ccnc(C(=O)NC(=O)O)c5)ccc43)cc2)[nH]n1. The van der Waals surface area contributed by atoms with Gasteiger partial charge in [0.25, 0.3) is 5.91 Å². The number of aromatic nitrogens is 5. The highest BCUT2D eigenvalue weighted by Crippen LogP contribution is 2.27. The fourth-order valence-electron chi connectivity index (χ4n) is 3.92. The average molecular weight is 555 g/mol. The van der Waals surface area contributed by atoms with Crippen LogP contribution in [0.3, 0.4) is 0 Å². The summed E-state index contributed by atoms with van der Waals surface area (Å²) in [4.78, 5) is 43.4. The summed E-state index contributed by atoms with van der Waals surface area (Å²) in [6.07, 6.45) is 1.55. The van der Waals surface area contributed by atoms with Gasteiger partial charge in [-0.1, -0.05) is 20.8 Å². The van der Waals surface area contributed by atoms with E-state index in [1.165, 1.54) is 12.3 Å². The van der Waals surface area contributed by atoms with E-state index in [1.54, 1.807) is 48.0 Å². The van der Waals surface area contributed by atoms with Crippen molar-refractivity contribution >= 4 is 40.6 Å². The first-order valence-electron chi connectivity index (χ1n) is 12.4. The summed E-state index contributed by atoms with van der Waals surface area (Å²) in [7, 11) is 0. The van der Waals surface area contributed by atoms with Crippen molar-refractivity contribution < 1.29 is 24.2 Å². The fourth-order valence-corrected chi connectivity index (χ4v) is 3.92. The highest BCUT2D eigenvalue weighted by atomic mass is 16.5. The van der Waals surface area contributed by atoms with E-state index < -0.39 is 18.0 Å². The standard InChI is InChI=1S/C28H26N8O5/c1-28(2,3)23-14-24(35-34-23)32-26(38)31-16-4-6-17(7-5-16)36-15-30-20-12-18(8-9-22(20)36)41-19-10-11-29-21(13-19)25(37)33-27(39)40/h4-15H,1-3H3,(H,33,37)(H,39,40)(H3,31,32,34,35,38). The first kappa shape index (κ1) is 26.9. The van der Waals surface area contributed by atoms with Crippen molar-refractivity contribution in [3.05, 3.63) is 84.6 Å². The van der Waals surface area contributed by atoms with Crippen LogP contribution in [-0.2, 0) is 5.41 Å². The zero-order valence-corrected chi connectivity index (χ0v) is 22.3. The Morgan fingerprint density at radius 2 is 1.68 bits per heavy atom. The number of imidazole rings is 1. The maximum atomic E-state index is 12.4. The molecule has 0 aliphatic heterocycles. The first-order valence-corrected chi connectivity index (χ1v) is 12.4. The molecule has 0 spiro atoms. The van der Waals surface area contributed by atoms with Crippen LogP contribution in [0, 0.1) is 0 Å². The number of anilines is 2. The highest BCUT2D eigenvalue weighted by Gasteiger charge is 2.18. The second-order valence-electron chi connectivity index (χ2n) is 10.0.